The maximum atomic E-state index is 12.4. The molecule has 0 saturated carbocycles. The Morgan fingerprint density at radius 1 is 1.33 bits per heavy atom. The standard InChI is InChI=1S/C18H19N3O5S/c1-12-15(13(2)20(19-12)14-9-10-27(25,26)11-14)7-8-18(22)16-5-3-4-6-17(16)21(23)24/h3-8,14H,9-11H2,1-2H3/b8-7+/t14-/m1/s1. The first kappa shape index (κ1) is 19.0. The highest BCUT2D eigenvalue weighted by molar-refractivity contribution is 7.91. The van der Waals surface area contributed by atoms with Gasteiger partial charge in [-0.2, -0.15) is 5.10 Å². The number of aryl methyl sites for hydroxylation is 1. The number of benzene rings is 1. The smallest absolute Gasteiger partial charge is 0.280 e. The van der Waals surface area contributed by atoms with E-state index in [-0.39, 0.29) is 28.8 Å². The zero-order chi connectivity index (χ0) is 19.8. The summed E-state index contributed by atoms with van der Waals surface area (Å²) in [6, 6.07) is 5.57. The third kappa shape index (κ3) is 3.82. The SMILES string of the molecule is Cc1nn([C@@H]2CCS(=O)(=O)C2)c(C)c1/C=C/C(=O)c1ccccc1[N+](=O)[O-]. The number of allylic oxidation sites excluding steroid dienone is 1. The van der Waals surface area contributed by atoms with Crippen LogP contribution in [0, 0.1) is 24.0 Å². The summed E-state index contributed by atoms with van der Waals surface area (Å²) in [6.07, 6.45) is 3.38. The van der Waals surface area contributed by atoms with Crippen LogP contribution < -0.4 is 0 Å². The molecule has 1 aliphatic heterocycles. The minimum atomic E-state index is -3.04. The molecule has 1 fully saturated rings. The lowest BCUT2D eigenvalue weighted by atomic mass is 10.1. The van der Waals surface area contributed by atoms with Crippen molar-refractivity contribution in [2.45, 2.75) is 26.3 Å². The van der Waals surface area contributed by atoms with Crippen LogP contribution in [0.25, 0.3) is 6.08 Å². The van der Waals surface area contributed by atoms with Crippen LogP contribution in [0.4, 0.5) is 5.69 Å². The first-order chi connectivity index (χ1) is 12.7. The van der Waals surface area contributed by atoms with Crippen molar-refractivity contribution in [1.82, 2.24) is 9.78 Å². The monoisotopic (exact) mass is 389 g/mol. The summed E-state index contributed by atoms with van der Waals surface area (Å²) in [7, 11) is -3.04. The Hall–Kier alpha value is -2.81. The second-order valence-corrected chi connectivity index (χ2v) is 8.79. The first-order valence-electron chi connectivity index (χ1n) is 8.41. The first-order valence-corrected chi connectivity index (χ1v) is 10.2. The number of para-hydroxylation sites is 1. The van der Waals surface area contributed by atoms with Crippen molar-refractivity contribution in [3.63, 3.8) is 0 Å². The Labute approximate surface area is 156 Å². The van der Waals surface area contributed by atoms with Gasteiger partial charge in [0.1, 0.15) is 0 Å². The highest BCUT2D eigenvalue weighted by Gasteiger charge is 2.31. The quantitative estimate of drug-likeness (QED) is 0.336. The molecule has 27 heavy (non-hydrogen) atoms. The van der Waals surface area contributed by atoms with Gasteiger partial charge in [-0.05, 0) is 38.5 Å². The molecule has 0 bridgehead atoms. The molecule has 1 aromatic carbocycles. The van der Waals surface area contributed by atoms with E-state index in [2.05, 4.69) is 5.10 Å². The molecule has 142 valence electrons. The van der Waals surface area contributed by atoms with E-state index >= 15 is 0 Å². The Kier molecular flexibility index (Phi) is 4.97. The summed E-state index contributed by atoms with van der Waals surface area (Å²) in [6.45, 7) is 3.60. The minimum Gasteiger partial charge on any atom is -0.289 e. The van der Waals surface area contributed by atoms with Gasteiger partial charge < -0.3 is 0 Å². The van der Waals surface area contributed by atoms with Crippen molar-refractivity contribution in [2.24, 2.45) is 0 Å². The lowest BCUT2D eigenvalue weighted by Gasteiger charge is -2.10. The number of nitro benzene ring substituents is 1. The van der Waals surface area contributed by atoms with E-state index in [4.69, 9.17) is 0 Å². The molecule has 8 nitrogen and oxygen atoms in total. The molecule has 2 heterocycles. The van der Waals surface area contributed by atoms with Crippen LogP contribution in [0.5, 0.6) is 0 Å². The molecular weight excluding hydrogens is 370 g/mol. The molecule has 2 aromatic rings. The van der Waals surface area contributed by atoms with Gasteiger partial charge in [-0.25, -0.2) is 8.42 Å². The van der Waals surface area contributed by atoms with E-state index in [0.717, 1.165) is 5.69 Å². The number of hydrogen-bond acceptors (Lipinski definition) is 6. The molecule has 0 spiro atoms. The highest BCUT2D eigenvalue weighted by Crippen LogP contribution is 2.27. The molecule has 0 aliphatic carbocycles. The number of hydrogen-bond donors (Lipinski definition) is 0. The van der Waals surface area contributed by atoms with E-state index in [0.29, 0.717) is 17.7 Å². The molecule has 0 N–H and O–H groups in total. The Morgan fingerprint density at radius 2 is 2.04 bits per heavy atom. The third-order valence-corrected chi connectivity index (χ3v) is 6.45. The van der Waals surface area contributed by atoms with Crippen LogP contribution >= 0.6 is 0 Å². The normalized spacial score (nSPS) is 18.8. The average molecular weight is 389 g/mol. The van der Waals surface area contributed by atoms with Crippen molar-refractivity contribution >= 4 is 27.4 Å². The summed E-state index contributed by atoms with van der Waals surface area (Å²) < 4.78 is 25.1. The second kappa shape index (κ2) is 7.07. The molecule has 9 heteroatoms. The zero-order valence-electron chi connectivity index (χ0n) is 15.0. The number of carbonyl (C=O) groups excluding carboxylic acids is 1. The summed E-state index contributed by atoms with van der Waals surface area (Å²) in [4.78, 5) is 22.9. The average Bonchev–Trinajstić information content (AvgIpc) is 3.11. The molecule has 3 rings (SSSR count). The Morgan fingerprint density at radius 3 is 2.67 bits per heavy atom. The van der Waals surface area contributed by atoms with E-state index in [1.54, 1.807) is 23.7 Å². The van der Waals surface area contributed by atoms with E-state index in [1.165, 1.54) is 24.3 Å². The van der Waals surface area contributed by atoms with Crippen molar-refractivity contribution < 1.29 is 18.1 Å². The summed E-state index contributed by atoms with van der Waals surface area (Å²) in [5, 5.41) is 15.5. The van der Waals surface area contributed by atoms with Gasteiger partial charge in [-0.15, -0.1) is 0 Å². The maximum Gasteiger partial charge on any atom is 0.280 e. The maximum absolute atomic E-state index is 12.4. The molecular formula is C18H19N3O5S. The number of ketones is 1. The predicted octanol–water partition coefficient (Wildman–Crippen LogP) is 2.66. The van der Waals surface area contributed by atoms with Crippen molar-refractivity contribution in [2.75, 3.05) is 11.5 Å². The molecule has 1 atom stereocenters. The van der Waals surface area contributed by atoms with E-state index < -0.39 is 20.5 Å². The van der Waals surface area contributed by atoms with Gasteiger partial charge in [0.25, 0.3) is 5.69 Å². The lowest BCUT2D eigenvalue weighted by molar-refractivity contribution is -0.385. The summed E-state index contributed by atoms with van der Waals surface area (Å²) in [5.41, 5.74) is 1.92. The van der Waals surface area contributed by atoms with Gasteiger partial charge in [-0.1, -0.05) is 12.1 Å². The molecule has 1 aliphatic rings. The molecule has 0 unspecified atom stereocenters. The summed E-state index contributed by atoms with van der Waals surface area (Å²) >= 11 is 0. The van der Waals surface area contributed by atoms with Gasteiger partial charge in [-0.3, -0.25) is 19.6 Å². The van der Waals surface area contributed by atoms with Crippen molar-refractivity contribution in [1.29, 1.82) is 0 Å². The number of nitro groups is 1. The van der Waals surface area contributed by atoms with Gasteiger partial charge >= 0.3 is 0 Å². The van der Waals surface area contributed by atoms with Crippen LogP contribution in [0.1, 0.15) is 39.8 Å². The predicted molar refractivity (Wildman–Crippen MR) is 100 cm³/mol. The third-order valence-electron chi connectivity index (χ3n) is 4.70. The fourth-order valence-corrected chi connectivity index (χ4v) is 5.02. The van der Waals surface area contributed by atoms with Crippen LogP contribution in [-0.4, -0.2) is 40.4 Å². The van der Waals surface area contributed by atoms with Crippen molar-refractivity contribution in [3.8, 4) is 0 Å². The van der Waals surface area contributed by atoms with Gasteiger partial charge in [0.2, 0.25) is 0 Å². The molecule has 1 saturated heterocycles. The van der Waals surface area contributed by atoms with E-state index in [9.17, 15) is 23.3 Å². The van der Waals surface area contributed by atoms with E-state index in [1.807, 2.05) is 6.92 Å². The molecule has 0 radical (unpaired) electrons. The fraction of sp³-hybridized carbons (Fsp3) is 0.333. The number of rotatable bonds is 5. The van der Waals surface area contributed by atoms with Crippen molar-refractivity contribution in [3.05, 3.63) is 63.0 Å². The summed E-state index contributed by atoms with van der Waals surface area (Å²) in [5.74, 6) is -0.262. The van der Waals surface area contributed by atoms with Crippen LogP contribution in [0.15, 0.2) is 30.3 Å². The highest BCUT2D eigenvalue weighted by atomic mass is 32.2. The second-order valence-electron chi connectivity index (χ2n) is 6.56. The van der Waals surface area contributed by atoms with Gasteiger partial charge in [0, 0.05) is 17.3 Å². The topological polar surface area (TPSA) is 112 Å². The number of sulfone groups is 1. The van der Waals surface area contributed by atoms with Gasteiger partial charge in [0.05, 0.1) is 33.7 Å². The minimum absolute atomic E-state index is 0.0170. The Balaban J connectivity index is 1.88. The number of aromatic nitrogens is 2. The molecule has 1 aromatic heterocycles. The fourth-order valence-electron chi connectivity index (χ4n) is 3.33. The molecule has 0 amide bonds. The lowest BCUT2D eigenvalue weighted by Crippen LogP contribution is -2.13. The number of nitrogens with zero attached hydrogens (tertiary/aromatic N) is 3. The van der Waals surface area contributed by atoms with Crippen LogP contribution in [-0.2, 0) is 9.84 Å². The largest absolute Gasteiger partial charge is 0.289 e. The van der Waals surface area contributed by atoms with Crippen LogP contribution in [0.3, 0.4) is 0 Å². The van der Waals surface area contributed by atoms with Gasteiger partial charge in [0.15, 0.2) is 15.6 Å². The van der Waals surface area contributed by atoms with Crippen LogP contribution in [0.2, 0.25) is 0 Å². The number of carbonyl (C=O) groups is 1. The zero-order valence-corrected chi connectivity index (χ0v) is 15.8. The Bertz CT molecular complexity index is 1050.